The second kappa shape index (κ2) is 8.48. The highest BCUT2D eigenvalue weighted by Crippen LogP contribution is 2.30. The second-order valence-electron chi connectivity index (χ2n) is 5.17. The third kappa shape index (κ3) is 5.48. The van der Waals surface area contributed by atoms with Gasteiger partial charge in [-0.2, -0.15) is 13.2 Å². The summed E-state index contributed by atoms with van der Waals surface area (Å²) < 4.78 is 37.5. The molecule has 0 fully saturated rings. The number of rotatable bonds is 6. The summed E-state index contributed by atoms with van der Waals surface area (Å²) in [6, 6.07) is 4.11. The van der Waals surface area contributed by atoms with Crippen molar-refractivity contribution in [3.8, 4) is 0 Å². The Labute approximate surface area is 146 Å². The number of nitrogens with one attached hydrogen (secondary N) is 2. The number of thiophene rings is 1. The smallest absolute Gasteiger partial charge is 0.356 e. The fourth-order valence-corrected chi connectivity index (χ4v) is 3.58. The van der Waals surface area contributed by atoms with Crippen LogP contribution in [0.5, 0.6) is 0 Å². The van der Waals surface area contributed by atoms with Crippen LogP contribution in [-0.4, -0.2) is 31.1 Å². The molecule has 0 bridgehead atoms. The van der Waals surface area contributed by atoms with Crippen molar-refractivity contribution >= 4 is 28.6 Å². The Morgan fingerprint density at radius 3 is 2.71 bits per heavy atom. The molecule has 0 spiro atoms. The minimum Gasteiger partial charge on any atom is -0.356 e. The van der Waals surface area contributed by atoms with Crippen molar-refractivity contribution in [1.29, 1.82) is 0 Å². The van der Waals surface area contributed by atoms with E-state index in [4.69, 9.17) is 0 Å². The number of aliphatic imine (C=N–C) groups is 1. The molecular formula is C15H19F3N4S2. The van der Waals surface area contributed by atoms with Crippen molar-refractivity contribution in [1.82, 2.24) is 15.6 Å². The van der Waals surface area contributed by atoms with Crippen LogP contribution in [0.1, 0.15) is 28.4 Å². The number of alkyl halides is 3. The summed E-state index contributed by atoms with van der Waals surface area (Å²) in [5, 5.41) is 9.86. The summed E-state index contributed by atoms with van der Waals surface area (Å²) in [5.74, 6) is 0.989. The van der Waals surface area contributed by atoms with Gasteiger partial charge in [-0.3, -0.25) is 4.99 Å². The molecule has 0 saturated heterocycles. The zero-order valence-electron chi connectivity index (χ0n) is 13.4. The number of halogens is 3. The third-order valence-electron chi connectivity index (χ3n) is 3.30. The lowest BCUT2D eigenvalue weighted by molar-refractivity contribution is -0.140. The van der Waals surface area contributed by atoms with E-state index in [1.165, 1.54) is 4.88 Å². The summed E-state index contributed by atoms with van der Waals surface area (Å²) in [6.07, 6.45) is -3.96. The molecular weight excluding hydrogens is 357 g/mol. The molecule has 4 nitrogen and oxygen atoms in total. The molecule has 9 heteroatoms. The SMILES string of the molecule is CN=C(NCCc1nc(C(F)(F)F)cs1)NCC(C)c1cccs1. The molecule has 0 amide bonds. The molecule has 2 aromatic rings. The summed E-state index contributed by atoms with van der Waals surface area (Å²) in [5.41, 5.74) is -0.824. The van der Waals surface area contributed by atoms with Crippen LogP contribution < -0.4 is 10.6 Å². The minimum absolute atomic E-state index is 0.358. The lowest BCUT2D eigenvalue weighted by Gasteiger charge is -2.14. The highest BCUT2D eigenvalue weighted by Gasteiger charge is 2.33. The van der Waals surface area contributed by atoms with Gasteiger partial charge >= 0.3 is 6.18 Å². The molecule has 1 atom stereocenters. The zero-order chi connectivity index (χ0) is 17.6. The molecule has 0 aromatic carbocycles. The fraction of sp³-hybridized carbons (Fsp3) is 0.467. The van der Waals surface area contributed by atoms with Crippen LogP contribution in [0.15, 0.2) is 27.9 Å². The highest BCUT2D eigenvalue weighted by molar-refractivity contribution is 7.10. The van der Waals surface area contributed by atoms with Crippen molar-refractivity contribution in [2.24, 2.45) is 4.99 Å². The van der Waals surface area contributed by atoms with Crippen molar-refractivity contribution in [3.63, 3.8) is 0 Å². The van der Waals surface area contributed by atoms with E-state index in [0.29, 0.717) is 29.9 Å². The van der Waals surface area contributed by atoms with E-state index in [1.807, 2.05) is 11.4 Å². The molecule has 132 valence electrons. The summed E-state index contributed by atoms with van der Waals surface area (Å²) in [6.45, 7) is 3.33. The Kier molecular flexibility index (Phi) is 6.61. The molecule has 0 aliphatic heterocycles. The Balaban J connectivity index is 1.75. The van der Waals surface area contributed by atoms with Gasteiger partial charge in [-0.1, -0.05) is 13.0 Å². The van der Waals surface area contributed by atoms with Gasteiger partial charge in [0.25, 0.3) is 0 Å². The lowest BCUT2D eigenvalue weighted by Crippen LogP contribution is -2.39. The minimum atomic E-state index is -4.38. The van der Waals surface area contributed by atoms with Gasteiger partial charge in [-0.05, 0) is 11.4 Å². The van der Waals surface area contributed by atoms with E-state index in [-0.39, 0.29) is 0 Å². The maximum absolute atomic E-state index is 12.5. The summed E-state index contributed by atoms with van der Waals surface area (Å²) >= 11 is 2.73. The maximum Gasteiger partial charge on any atom is 0.434 e. The number of thiazole rings is 1. The monoisotopic (exact) mass is 376 g/mol. The van der Waals surface area contributed by atoms with Crippen LogP contribution in [-0.2, 0) is 12.6 Å². The molecule has 1 unspecified atom stereocenters. The van der Waals surface area contributed by atoms with Gasteiger partial charge in [-0.25, -0.2) is 4.98 Å². The Bertz CT molecular complexity index is 650. The van der Waals surface area contributed by atoms with Crippen molar-refractivity contribution in [3.05, 3.63) is 38.5 Å². The van der Waals surface area contributed by atoms with E-state index < -0.39 is 11.9 Å². The molecule has 0 aliphatic carbocycles. The van der Waals surface area contributed by atoms with Crippen LogP contribution >= 0.6 is 22.7 Å². The number of nitrogens with zero attached hydrogens (tertiary/aromatic N) is 2. The van der Waals surface area contributed by atoms with E-state index in [0.717, 1.165) is 23.3 Å². The first-order valence-electron chi connectivity index (χ1n) is 7.39. The van der Waals surface area contributed by atoms with Gasteiger partial charge in [0.1, 0.15) is 0 Å². The third-order valence-corrected chi connectivity index (χ3v) is 5.31. The topological polar surface area (TPSA) is 49.3 Å². The second-order valence-corrected chi connectivity index (χ2v) is 7.09. The molecule has 0 radical (unpaired) electrons. The fourth-order valence-electron chi connectivity index (χ4n) is 1.99. The molecule has 2 N–H and O–H groups in total. The van der Waals surface area contributed by atoms with Gasteiger partial charge in [0.15, 0.2) is 11.7 Å². The lowest BCUT2D eigenvalue weighted by atomic mass is 10.1. The molecule has 0 aliphatic rings. The van der Waals surface area contributed by atoms with Crippen molar-refractivity contribution in [2.45, 2.75) is 25.4 Å². The summed E-state index contributed by atoms with van der Waals surface area (Å²) in [7, 11) is 1.66. The normalized spacial score (nSPS) is 13.8. The zero-order valence-corrected chi connectivity index (χ0v) is 15.0. The van der Waals surface area contributed by atoms with Crippen LogP contribution in [0.25, 0.3) is 0 Å². The van der Waals surface area contributed by atoms with Crippen molar-refractivity contribution in [2.75, 3.05) is 20.1 Å². The van der Waals surface area contributed by atoms with Gasteiger partial charge < -0.3 is 10.6 Å². The first-order chi connectivity index (χ1) is 11.4. The van der Waals surface area contributed by atoms with E-state index in [2.05, 4.69) is 33.6 Å². The van der Waals surface area contributed by atoms with E-state index in [1.54, 1.807) is 18.4 Å². The first kappa shape index (κ1) is 18.7. The largest absolute Gasteiger partial charge is 0.434 e. The van der Waals surface area contributed by atoms with Gasteiger partial charge in [0.2, 0.25) is 0 Å². The number of aromatic nitrogens is 1. The van der Waals surface area contributed by atoms with Crippen LogP contribution in [0.2, 0.25) is 0 Å². The standard InChI is InChI=1S/C15H19F3N4S2/c1-10(11-4-3-7-23-11)8-21-14(19-2)20-6-5-13-22-12(9-24-13)15(16,17)18/h3-4,7,9-10H,5-6,8H2,1-2H3,(H2,19,20,21). The van der Waals surface area contributed by atoms with Gasteiger partial charge in [0.05, 0.1) is 5.01 Å². The number of hydrogen-bond acceptors (Lipinski definition) is 4. The van der Waals surface area contributed by atoms with Gasteiger partial charge in [-0.15, -0.1) is 22.7 Å². The Morgan fingerprint density at radius 2 is 2.12 bits per heavy atom. The average Bonchev–Trinajstić information content (AvgIpc) is 3.20. The van der Waals surface area contributed by atoms with Crippen LogP contribution in [0.4, 0.5) is 13.2 Å². The van der Waals surface area contributed by atoms with E-state index in [9.17, 15) is 13.2 Å². The molecule has 0 saturated carbocycles. The van der Waals surface area contributed by atoms with Gasteiger partial charge in [0, 0.05) is 42.7 Å². The van der Waals surface area contributed by atoms with Crippen LogP contribution in [0, 0.1) is 0 Å². The predicted molar refractivity (Wildman–Crippen MR) is 92.9 cm³/mol. The first-order valence-corrected chi connectivity index (χ1v) is 9.15. The Hall–Kier alpha value is -1.61. The molecule has 2 aromatic heterocycles. The maximum atomic E-state index is 12.5. The summed E-state index contributed by atoms with van der Waals surface area (Å²) in [4.78, 5) is 9.02. The van der Waals surface area contributed by atoms with Crippen LogP contribution in [0.3, 0.4) is 0 Å². The molecule has 24 heavy (non-hydrogen) atoms. The predicted octanol–water partition coefficient (Wildman–Crippen LogP) is 3.73. The quantitative estimate of drug-likeness (QED) is 0.597. The Morgan fingerprint density at radius 1 is 1.33 bits per heavy atom. The molecule has 2 rings (SSSR count). The average molecular weight is 376 g/mol. The number of hydrogen-bond donors (Lipinski definition) is 2. The highest BCUT2D eigenvalue weighted by atomic mass is 32.1. The van der Waals surface area contributed by atoms with Crippen molar-refractivity contribution < 1.29 is 13.2 Å². The molecule has 2 heterocycles. The number of guanidine groups is 1. The van der Waals surface area contributed by atoms with E-state index >= 15 is 0 Å².